The van der Waals surface area contributed by atoms with Crippen molar-refractivity contribution in [1.29, 1.82) is 0 Å². The van der Waals surface area contributed by atoms with Crippen LogP contribution in [0.5, 0.6) is 0 Å². The molecule has 0 saturated carbocycles. The van der Waals surface area contributed by atoms with Crippen LogP contribution in [-0.2, 0) is 31.2 Å². The second kappa shape index (κ2) is 18.6. The summed E-state index contributed by atoms with van der Waals surface area (Å²) in [7, 11) is -4.20. The predicted octanol–water partition coefficient (Wildman–Crippen LogP) is 11.0. The van der Waals surface area contributed by atoms with E-state index in [-0.39, 0.29) is 28.8 Å². The number of rotatable bonds is 12. The molecular formula is C44H65N2O4P. The molecule has 0 atom stereocenters. The number of hydrogen-bond donors (Lipinski definition) is 4. The highest BCUT2D eigenvalue weighted by molar-refractivity contribution is 7.46. The Bertz CT molecular complexity index is 1500. The van der Waals surface area contributed by atoms with Gasteiger partial charge in [0.25, 0.3) is 0 Å². The van der Waals surface area contributed by atoms with Crippen LogP contribution in [-0.4, -0.2) is 16.4 Å². The predicted molar refractivity (Wildman–Crippen MR) is 216 cm³/mol. The van der Waals surface area contributed by atoms with E-state index in [2.05, 4.69) is 195 Å². The Morgan fingerprint density at radius 2 is 0.745 bits per heavy atom. The summed E-state index contributed by atoms with van der Waals surface area (Å²) in [5, 5.41) is 7.69. The molecule has 6 nitrogen and oxygen atoms in total. The molecule has 0 unspecified atom stereocenters. The molecule has 0 bridgehead atoms. The van der Waals surface area contributed by atoms with Crippen LogP contribution in [0.15, 0.2) is 97.1 Å². The van der Waals surface area contributed by atoms with Crippen LogP contribution in [0, 0.1) is 27.7 Å². The van der Waals surface area contributed by atoms with Gasteiger partial charge in [0.15, 0.2) is 0 Å². The molecule has 7 heteroatoms. The van der Waals surface area contributed by atoms with Crippen molar-refractivity contribution in [3.05, 3.63) is 142 Å². The molecule has 0 heterocycles. The zero-order valence-electron chi connectivity index (χ0n) is 33.5. The minimum atomic E-state index is -4.20. The fourth-order valence-corrected chi connectivity index (χ4v) is 7.62. The highest BCUT2D eigenvalue weighted by Gasteiger charge is 2.33. The molecular weight excluding hydrogens is 651 g/mol. The molecule has 0 radical (unpaired) electrons. The first-order chi connectivity index (χ1) is 23.5. The Hall–Kier alpha value is -3.09. The Balaban J connectivity index is 0.000000287. The van der Waals surface area contributed by atoms with Gasteiger partial charge in [-0.1, -0.05) is 110 Å². The Morgan fingerprint density at radius 3 is 0.941 bits per heavy atom. The van der Waals surface area contributed by atoms with Gasteiger partial charge < -0.3 is 9.79 Å². The Kier molecular flexibility index (Phi) is 16.1. The minimum absolute atomic E-state index is 0.0862. The van der Waals surface area contributed by atoms with E-state index in [0.29, 0.717) is 6.42 Å². The topological polar surface area (TPSA) is 90.8 Å². The molecule has 51 heavy (non-hydrogen) atoms. The first-order valence-corrected chi connectivity index (χ1v) is 19.6. The molecule has 0 aliphatic carbocycles. The number of unbranched alkanes of at least 4 members (excludes halogenated alkanes) is 1. The molecule has 0 amide bonds. The maximum absolute atomic E-state index is 9.98. The van der Waals surface area contributed by atoms with E-state index in [4.69, 9.17) is 9.79 Å². The van der Waals surface area contributed by atoms with Crippen LogP contribution in [0.4, 0.5) is 0 Å². The van der Waals surface area contributed by atoms with Crippen molar-refractivity contribution in [2.45, 2.75) is 125 Å². The number of aryl methyl sites for hydroxylation is 4. The average Bonchev–Trinajstić information content (AvgIpc) is 3.01. The van der Waals surface area contributed by atoms with Crippen molar-refractivity contribution in [2.75, 3.05) is 6.61 Å². The monoisotopic (exact) mass is 716 g/mol. The second-order valence-corrected chi connectivity index (χ2v) is 16.9. The SMILES string of the molecule is CCCCOP(=O)(O)O.Cc1ccccc1C(C)(C)NC(C)(C)c1ccccc1C.Cc1ccccc1C(C)(C)NC(C)(C)c1ccccc1C. The fourth-order valence-electron chi connectivity index (χ4n) is 7.26. The van der Waals surface area contributed by atoms with Crippen LogP contribution in [0.25, 0.3) is 0 Å². The summed E-state index contributed by atoms with van der Waals surface area (Å²) >= 11 is 0. The fraction of sp³-hybridized carbons (Fsp3) is 0.455. The molecule has 0 saturated heterocycles. The number of phosphoric ester groups is 1. The smallest absolute Gasteiger partial charge is 0.303 e. The first kappa shape index (κ1) is 44.1. The normalized spacial score (nSPS) is 12.4. The van der Waals surface area contributed by atoms with Crippen LogP contribution in [0.3, 0.4) is 0 Å². The lowest BCUT2D eigenvalue weighted by molar-refractivity contribution is 0.194. The van der Waals surface area contributed by atoms with Crippen molar-refractivity contribution >= 4 is 7.82 Å². The molecule has 0 aliphatic rings. The number of nitrogens with one attached hydrogen (secondary N) is 2. The van der Waals surface area contributed by atoms with E-state index in [1.807, 2.05) is 6.92 Å². The van der Waals surface area contributed by atoms with E-state index in [1.165, 1.54) is 44.5 Å². The average molecular weight is 717 g/mol. The van der Waals surface area contributed by atoms with E-state index in [1.54, 1.807) is 0 Å². The summed E-state index contributed by atoms with van der Waals surface area (Å²) in [4.78, 5) is 16.3. The molecule has 0 aromatic heterocycles. The Labute approximate surface area is 309 Å². The largest absolute Gasteiger partial charge is 0.469 e. The van der Waals surface area contributed by atoms with E-state index >= 15 is 0 Å². The van der Waals surface area contributed by atoms with Crippen molar-refractivity contribution in [2.24, 2.45) is 0 Å². The zero-order chi connectivity index (χ0) is 38.7. The number of phosphoric acid groups is 1. The van der Waals surface area contributed by atoms with Gasteiger partial charge in [0, 0.05) is 22.2 Å². The first-order valence-electron chi connectivity index (χ1n) is 18.1. The van der Waals surface area contributed by atoms with Crippen LogP contribution in [0.2, 0.25) is 0 Å². The summed E-state index contributed by atoms with van der Waals surface area (Å²) in [5.41, 5.74) is 10.4. The third-order valence-electron chi connectivity index (χ3n) is 9.28. The second-order valence-electron chi connectivity index (χ2n) is 15.7. The van der Waals surface area contributed by atoms with Gasteiger partial charge in [0.05, 0.1) is 6.61 Å². The van der Waals surface area contributed by atoms with Gasteiger partial charge in [-0.3, -0.25) is 15.2 Å². The van der Waals surface area contributed by atoms with Gasteiger partial charge in [-0.25, -0.2) is 4.57 Å². The summed E-state index contributed by atoms with van der Waals surface area (Å²) in [6.45, 7) is 28.9. The minimum Gasteiger partial charge on any atom is -0.303 e. The van der Waals surface area contributed by atoms with Gasteiger partial charge in [-0.15, -0.1) is 0 Å². The lowest BCUT2D eigenvalue weighted by Gasteiger charge is -2.39. The van der Waals surface area contributed by atoms with Gasteiger partial charge in [0.2, 0.25) is 0 Å². The molecule has 4 N–H and O–H groups in total. The lowest BCUT2D eigenvalue weighted by atomic mass is 9.83. The van der Waals surface area contributed by atoms with E-state index < -0.39 is 7.82 Å². The molecule has 280 valence electrons. The van der Waals surface area contributed by atoms with Crippen molar-refractivity contribution in [3.63, 3.8) is 0 Å². The molecule has 0 fully saturated rings. The third-order valence-corrected chi connectivity index (χ3v) is 9.80. The van der Waals surface area contributed by atoms with Gasteiger partial charge in [-0.2, -0.15) is 0 Å². The van der Waals surface area contributed by atoms with Gasteiger partial charge in [-0.05, 0) is 134 Å². The molecule has 4 aromatic carbocycles. The number of hydrogen-bond acceptors (Lipinski definition) is 4. The van der Waals surface area contributed by atoms with E-state index in [0.717, 1.165) is 6.42 Å². The molecule has 0 aliphatic heterocycles. The standard InChI is InChI=1S/2C20H27N.C4H11O4P/c2*1-15-11-7-9-13-17(15)19(3,4)21-20(5,6)18-14-10-8-12-16(18)2;1-2-3-4-8-9(5,6)7/h2*7-14,21H,1-6H3;2-4H2,1H3,(H2,5,6,7). The van der Waals surface area contributed by atoms with Crippen molar-refractivity contribution in [3.8, 4) is 0 Å². The van der Waals surface area contributed by atoms with Gasteiger partial charge >= 0.3 is 7.82 Å². The van der Waals surface area contributed by atoms with Crippen molar-refractivity contribution in [1.82, 2.24) is 10.6 Å². The summed E-state index contributed by atoms with van der Waals surface area (Å²) in [6.07, 6.45) is 1.56. The van der Waals surface area contributed by atoms with Gasteiger partial charge in [0.1, 0.15) is 0 Å². The zero-order valence-corrected chi connectivity index (χ0v) is 34.4. The maximum Gasteiger partial charge on any atom is 0.469 e. The summed E-state index contributed by atoms with van der Waals surface area (Å²) in [5.74, 6) is 0. The molecule has 4 aromatic rings. The highest BCUT2D eigenvalue weighted by Crippen LogP contribution is 2.36. The quantitative estimate of drug-likeness (QED) is 0.0862. The third kappa shape index (κ3) is 13.8. The van der Waals surface area contributed by atoms with Crippen LogP contribution in [0.1, 0.15) is 120 Å². The Morgan fingerprint density at radius 1 is 0.510 bits per heavy atom. The highest BCUT2D eigenvalue weighted by atomic mass is 31.2. The molecule has 4 rings (SSSR count). The van der Waals surface area contributed by atoms with Crippen LogP contribution < -0.4 is 10.6 Å². The summed E-state index contributed by atoms with van der Waals surface area (Å²) in [6, 6.07) is 34.5. The summed E-state index contributed by atoms with van der Waals surface area (Å²) < 4.78 is 14.1. The molecule has 0 spiro atoms. The maximum atomic E-state index is 9.98. The lowest BCUT2D eigenvalue weighted by Crippen LogP contribution is -2.48. The van der Waals surface area contributed by atoms with Crippen molar-refractivity contribution < 1.29 is 18.9 Å². The van der Waals surface area contributed by atoms with E-state index in [9.17, 15) is 4.57 Å². The van der Waals surface area contributed by atoms with Crippen LogP contribution >= 0.6 is 7.82 Å². The number of benzene rings is 4.